The summed E-state index contributed by atoms with van der Waals surface area (Å²) in [6.45, 7) is 6.88. The summed E-state index contributed by atoms with van der Waals surface area (Å²) in [4.78, 5) is 0. The van der Waals surface area contributed by atoms with E-state index in [-0.39, 0.29) is 0 Å². The summed E-state index contributed by atoms with van der Waals surface area (Å²) in [5.74, 6) is 0. The van der Waals surface area contributed by atoms with Crippen molar-refractivity contribution in [3.8, 4) is 0 Å². The molecule has 1 aromatic carbocycles. The van der Waals surface area contributed by atoms with E-state index >= 15 is 0 Å². The van der Waals surface area contributed by atoms with Gasteiger partial charge in [0, 0.05) is 7.26 Å². The zero-order chi connectivity index (χ0) is 10.9. The summed E-state index contributed by atoms with van der Waals surface area (Å²) in [5.41, 5.74) is 0. The molecule has 1 aromatic rings. The van der Waals surface area contributed by atoms with Crippen LogP contribution in [0.2, 0.25) is 0 Å². The van der Waals surface area contributed by atoms with E-state index in [4.69, 9.17) is 4.74 Å². The summed E-state index contributed by atoms with van der Waals surface area (Å²) in [6.07, 6.45) is 3.32. The Morgan fingerprint density at radius 3 is 2.13 bits per heavy atom. The van der Waals surface area contributed by atoms with Crippen LogP contribution >= 0.6 is 7.26 Å². The molecule has 0 aliphatic carbocycles. The summed E-state index contributed by atoms with van der Waals surface area (Å²) in [6, 6.07) is 11.0. The molecule has 3 atom stereocenters. The highest BCUT2D eigenvalue weighted by Crippen LogP contribution is 2.57. The van der Waals surface area contributed by atoms with Crippen LogP contribution in [0.25, 0.3) is 0 Å². The lowest BCUT2D eigenvalue weighted by atomic mass is 10.4. The average Bonchev–Trinajstić information content (AvgIpc) is 2.17. The molecule has 0 saturated carbocycles. The summed E-state index contributed by atoms with van der Waals surface area (Å²) in [5, 5.41) is 1.56. The van der Waals surface area contributed by atoms with Gasteiger partial charge >= 0.3 is 0 Å². The molecule has 2 rings (SSSR count). The van der Waals surface area contributed by atoms with Crippen LogP contribution in [0.3, 0.4) is 0 Å². The highest BCUT2D eigenvalue weighted by molar-refractivity contribution is 7.82. The maximum absolute atomic E-state index is 5.83. The van der Waals surface area contributed by atoms with Gasteiger partial charge in [0.15, 0.2) is 0 Å². The first-order chi connectivity index (χ1) is 7.10. The summed E-state index contributed by atoms with van der Waals surface area (Å²) in [7, 11) is -0.953. The molecule has 0 spiro atoms. The monoisotopic (exact) mass is 223 g/mol. The van der Waals surface area contributed by atoms with Crippen LogP contribution in [0.1, 0.15) is 13.8 Å². The molecule has 1 heterocycles. The third-order valence-corrected chi connectivity index (χ3v) is 7.35. The van der Waals surface area contributed by atoms with Gasteiger partial charge in [-0.1, -0.05) is 18.2 Å². The van der Waals surface area contributed by atoms with Gasteiger partial charge in [-0.05, 0) is 26.0 Å². The molecule has 1 fully saturated rings. The first-order valence-electron chi connectivity index (χ1n) is 5.66. The number of rotatable bonds is 1. The van der Waals surface area contributed by atoms with E-state index in [1.807, 2.05) is 0 Å². The van der Waals surface area contributed by atoms with Crippen LogP contribution in [0.5, 0.6) is 0 Å². The van der Waals surface area contributed by atoms with Crippen molar-refractivity contribution in [2.75, 3.05) is 19.0 Å². The largest absolute Gasteiger partial charge is 0.368 e. The molecule has 0 bridgehead atoms. The van der Waals surface area contributed by atoms with Gasteiger partial charge in [-0.3, -0.25) is 0 Å². The number of hydrogen-bond acceptors (Lipinski definition) is 1. The minimum atomic E-state index is -0.953. The average molecular weight is 223 g/mol. The molecular weight excluding hydrogens is 203 g/mol. The van der Waals surface area contributed by atoms with Crippen molar-refractivity contribution < 1.29 is 4.74 Å². The third-order valence-electron chi connectivity index (χ3n) is 3.16. The summed E-state index contributed by atoms with van der Waals surface area (Å²) >= 11 is 0. The number of ether oxygens (including phenoxy) is 1. The Bertz CT molecular complexity index is 313. The lowest BCUT2D eigenvalue weighted by molar-refractivity contribution is 0.0262. The van der Waals surface area contributed by atoms with E-state index in [0.29, 0.717) is 12.2 Å². The molecule has 0 N–H and O–H groups in total. The smallest absolute Gasteiger partial charge is 0.0938 e. The third kappa shape index (κ3) is 2.41. The van der Waals surface area contributed by atoms with Gasteiger partial charge in [0.1, 0.15) is 0 Å². The molecule has 1 aliphatic heterocycles. The van der Waals surface area contributed by atoms with Gasteiger partial charge in [-0.2, -0.15) is 0 Å². The van der Waals surface area contributed by atoms with Crippen molar-refractivity contribution in [3.63, 3.8) is 0 Å². The first kappa shape index (κ1) is 11.1. The lowest BCUT2D eigenvalue weighted by Crippen LogP contribution is -2.36. The van der Waals surface area contributed by atoms with Crippen molar-refractivity contribution in [1.82, 2.24) is 0 Å². The predicted molar refractivity (Wildman–Crippen MR) is 68.7 cm³/mol. The van der Waals surface area contributed by atoms with Crippen LogP contribution < -0.4 is 5.30 Å². The Morgan fingerprint density at radius 2 is 1.60 bits per heavy atom. The first-order valence-corrected chi connectivity index (χ1v) is 8.26. The Morgan fingerprint density at radius 1 is 1.07 bits per heavy atom. The number of hydrogen-bond donors (Lipinski definition) is 0. The van der Waals surface area contributed by atoms with E-state index in [0.717, 1.165) is 0 Å². The Labute approximate surface area is 93.2 Å². The molecule has 82 valence electrons. The van der Waals surface area contributed by atoms with Crippen LogP contribution in [-0.2, 0) is 4.74 Å². The maximum atomic E-state index is 5.83. The molecule has 0 aromatic heterocycles. The van der Waals surface area contributed by atoms with Gasteiger partial charge in [0.2, 0.25) is 0 Å². The minimum Gasteiger partial charge on any atom is -0.368 e. The topological polar surface area (TPSA) is 9.23 Å². The van der Waals surface area contributed by atoms with E-state index in [1.54, 1.807) is 5.30 Å². The van der Waals surface area contributed by atoms with Crippen molar-refractivity contribution >= 4 is 12.6 Å². The van der Waals surface area contributed by atoms with Gasteiger partial charge in [0.05, 0.1) is 36.5 Å². The van der Waals surface area contributed by atoms with Crippen molar-refractivity contribution in [3.05, 3.63) is 30.3 Å². The fourth-order valence-electron chi connectivity index (χ4n) is 2.69. The molecule has 1 unspecified atom stereocenters. The molecule has 0 radical (unpaired) electrons. The molecule has 1 nitrogen and oxygen atoms in total. The second-order valence-corrected chi connectivity index (χ2v) is 8.89. The van der Waals surface area contributed by atoms with E-state index in [1.165, 1.54) is 12.3 Å². The Balaban J connectivity index is 2.26. The second kappa shape index (κ2) is 4.23. The van der Waals surface area contributed by atoms with Gasteiger partial charge in [-0.25, -0.2) is 0 Å². The molecule has 1 saturated heterocycles. The number of benzene rings is 1. The standard InChI is InChI=1S/C13H20OP/c1-11-9-15(3,10-12(2)14-11)13-7-5-4-6-8-13/h4-8,11-12H,9-10H2,1-3H3/q+1/t11-,12+,15?. The van der Waals surface area contributed by atoms with E-state index in [2.05, 4.69) is 50.8 Å². The maximum Gasteiger partial charge on any atom is 0.0938 e. The zero-order valence-corrected chi connectivity index (χ0v) is 10.7. The minimum absolute atomic E-state index is 0.423. The lowest BCUT2D eigenvalue weighted by Gasteiger charge is -2.34. The van der Waals surface area contributed by atoms with Crippen LogP contribution in [0, 0.1) is 0 Å². The fraction of sp³-hybridized carbons (Fsp3) is 0.538. The second-order valence-electron chi connectivity index (χ2n) is 4.85. The molecule has 15 heavy (non-hydrogen) atoms. The molecular formula is C13H20OP+. The van der Waals surface area contributed by atoms with E-state index in [9.17, 15) is 0 Å². The van der Waals surface area contributed by atoms with Gasteiger partial charge in [0.25, 0.3) is 0 Å². The van der Waals surface area contributed by atoms with Crippen LogP contribution in [0.4, 0.5) is 0 Å². The normalized spacial score (nSPS) is 36.5. The van der Waals surface area contributed by atoms with Gasteiger partial charge < -0.3 is 4.74 Å². The van der Waals surface area contributed by atoms with Gasteiger partial charge in [-0.15, -0.1) is 0 Å². The fourth-order valence-corrected chi connectivity index (χ4v) is 6.60. The quantitative estimate of drug-likeness (QED) is 0.665. The highest BCUT2D eigenvalue weighted by Gasteiger charge is 2.42. The van der Waals surface area contributed by atoms with E-state index < -0.39 is 7.26 Å². The van der Waals surface area contributed by atoms with Crippen molar-refractivity contribution in [2.45, 2.75) is 26.1 Å². The summed E-state index contributed by atoms with van der Waals surface area (Å²) < 4.78 is 5.83. The van der Waals surface area contributed by atoms with Crippen LogP contribution in [0.15, 0.2) is 30.3 Å². The SMILES string of the molecule is C[C@@H]1C[P+](C)(c2ccccc2)C[C@H](C)O1. The van der Waals surface area contributed by atoms with Crippen LogP contribution in [-0.4, -0.2) is 31.2 Å². The van der Waals surface area contributed by atoms with Crippen molar-refractivity contribution in [1.29, 1.82) is 0 Å². The molecule has 0 amide bonds. The molecule has 1 aliphatic rings. The Hall–Kier alpha value is -0.390. The highest BCUT2D eigenvalue weighted by atomic mass is 31.2. The molecule has 2 heteroatoms. The Kier molecular flexibility index (Phi) is 3.13. The zero-order valence-electron chi connectivity index (χ0n) is 9.81. The van der Waals surface area contributed by atoms with Crippen molar-refractivity contribution in [2.24, 2.45) is 0 Å². The predicted octanol–water partition coefficient (Wildman–Crippen LogP) is 2.77.